The summed E-state index contributed by atoms with van der Waals surface area (Å²) in [6.45, 7) is 3.34. The van der Waals surface area contributed by atoms with Gasteiger partial charge in [-0.15, -0.1) is 0 Å². The molecule has 2 rings (SSSR count). The highest BCUT2D eigenvalue weighted by molar-refractivity contribution is 5.99. The summed E-state index contributed by atoms with van der Waals surface area (Å²) in [5.41, 5.74) is -0.230. The molecule has 0 unspecified atom stereocenters. The highest BCUT2D eigenvalue weighted by atomic mass is 19.1. The van der Waals surface area contributed by atoms with Crippen LogP contribution in [0.3, 0.4) is 0 Å². The quantitative estimate of drug-likeness (QED) is 0.940. The highest BCUT2D eigenvalue weighted by Crippen LogP contribution is 2.29. The molecule has 21 heavy (non-hydrogen) atoms. The van der Waals surface area contributed by atoms with Gasteiger partial charge in [-0.25, -0.2) is 4.39 Å². The van der Waals surface area contributed by atoms with Crippen molar-refractivity contribution in [2.45, 2.75) is 19.3 Å². The van der Waals surface area contributed by atoms with Gasteiger partial charge in [-0.3, -0.25) is 9.78 Å². The van der Waals surface area contributed by atoms with Crippen LogP contribution in [0.2, 0.25) is 0 Å². The minimum Gasteiger partial charge on any atom is -0.494 e. The summed E-state index contributed by atoms with van der Waals surface area (Å²) in [5.74, 6) is -0.239. The third-order valence-electron chi connectivity index (χ3n) is 3.36. The molecule has 1 amide bonds. The van der Waals surface area contributed by atoms with Crippen molar-refractivity contribution in [1.29, 1.82) is 0 Å². The van der Waals surface area contributed by atoms with Crippen LogP contribution in [0.25, 0.3) is 0 Å². The van der Waals surface area contributed by atoms with E-state index in [9.17, 15) is 9.18 Å². The van der Waals surface area contributed by atoms with Gasteiger partial charge in [-0.2, -0.15) is 0 Å². The van der Waals surface area contributed by atoms with Crippen LogP contribution in [0.15, 0.2) is 42.7 Å². The van der Waals surface area contributed by atoms with Gasteiger partial charge in [0.05, 0.1) is 18.7 Å². The number of hydrogen-bond acceptors (Lipinski definition) is 3. The molecule has 110 valence electrons. The molecule has 1 N–H and O–H groups in total. The number of aromatic nitrogens is 1. The second-order valence-corrected chi connectivity index (χ2v) is 5.13. The number of nitrogens with zero attached hydrogens (tertiary/aromatic N) is 1. The summed E-state index contributed by atoms with van der Waals surface area (Å²) in [7, 11) is 1.51. The minimum atomic E-state index is -1.02. The number of carbonyl (C=O) groups excluding carboxylic acids is 1. The molecule has 1 aromatic heterocycles. The van der Waals surface area contributed by atoms with Gasteiger partial charge in [-0.05, 0) is 19.9 Å². The number of nitrogens with one attached hydrogen (secondary N) is 1. The van der Waals surface area contributed by atoms with E-state index in [1.54, 1.807) is 44.3 Å². The number of methoxy groups -OCH3 is 1. The van der Waals surface area contributed by atoms with E-state index in [4.69, 9.17) is 4.74 Å². The fourth-order valence-corrected chi connectivity index (χ4v) is 2.02. The van der Waals surface area contributed by atoms with Crippen LogP contribution < -0.4 is 10.1 Å². The van der Waals surface area contributed by atoms with Crippen molar-refractivity contribution in [2.24, 2.45) is 0 Å². The first kappa shape index (κ1) is 15.0. The predicted octanol–water partition coefficient (Wildman–Crippen LogP) is 3.15. The van der Waals surface area contributed by atoms with Crippen molar-refractivity contribution < 1.29 is 13.9 Å². The maximum atomic E-state index is 13.9. The molecular weight excluding hydrogens is 271 g/mol. The molecule has 1 heterocycles. The molecular formula is C16H17FN2O2. The van der Waals surface area contributed by atoms with Gasteiger partial charge in [0.2, 0.25) is 5.91 Å². The molecule has 0 bridgehead atoms. The normalized spacial score (nSPS) is 11.0. The van der Waals surface area contributed by atoms with Crippen LogP contribution in [-0.2, 0) is 10.2 Å². The second-order valence-electron chi connectivity index (χ2n) is 5.13. The summed E-state index contributed by atoms with van der Waals surface area (Å²) in [4.78, 5) is 16.4. The molecule has 0 saturated carbocycles. The summed E-state index contributed by atoms with van der Waals surface area (Å²) >= 11 is 0. The van der Waals surface area contributed by atoms with E-state index in [0.29, 0.717) is 17.0 Å². The van der Waals surface area contributed by atoms with Crippen LogP contribution in [0, 0.1) is 5.82 Å². The summed E-state index contributed by atoms with van der Waals surface area (Å²) in [5, 5.41) is 2.73. The lowest BCUT2D eigenvalue weighted by Gasteiger charge is -2.25. The Kier molecular flexibility index (Phi) is 4.21. The summed E-state index contributed by atoms with van der Waals surface area (Å²) in [6.07, 6.45) is 3.06. The Balaban J connectivity index is 2.29. The number of hydrogen-bond donors (Lipinski definition) is 1. The molecule has 0 aliphatic carbocycles. The second kappa shape index (κ2) is 5.91. The van der Waals surface area contributed by atoms with E-state index < -0.39 is 11.2 Å². The molecule has 5 heteroatoms. The van der Waals surface area contributed by atoms with Crippen molar-refractivity contribution in [1.82, 2.24) is 4.98 Å². The maximum Gasteiger partial charge on any atom is 0.234 e. The lowest BCUT2D eigenvalue weighted by atomic mass is 9.83. The van der Waals surface area contributed by atoms with Gasteiger partial charge >= 0.3 is 0 Å². The average Bonchev–Trinajstić information content (AvgIpc) is 2.48. The van der Waals surface area contributed by atoms with E-state index in [-0.39, 0.29) is 5.91 Å². The van der Waals surface area contributed by atoms with Gasteiger partial charge < -0.3 is 10.1 Å². The zero-order valence-corrected chi connectivity index (χ0v) is 12.2. The van der Waals surface area contributed by atoms with Crippen molar-refractivity contribution in [3.8, 4) is 5.75 Å². The van der Waals surface area contributed by atoms with Crippen LogP contribution in [-0.4, -0.2) is 18.0 Å². The summed E-state index contributed by atoms with van der Waals surface area (Å²) < 4.78 is 19.1. The molecule has 2 aromatic rings. The first-order valence-electron chi connectivity index (χ1n) is 6.51. The van der Waals surface area contributed by atoms with Crippen molar-refractivity contribution in [3.05, 3.63) is 54.1 Å². The molecule has 0 radical (unpaired) electrons. The fraction of sp³-hybridized carbons (Fsp3) is 0.250. The molecule has 0 spiro atoms. The first-order chi connectivity index (χ1) is 9.96. The molecule has 0 aliphatic rings. The van der Waals surface area contributed by atoms with Gasteiger partial charge in [0.25, 0.3) is 0 Å². The molecule has 0 saturated heterocycles. The molecule has 1 aromatic carbocycles. The zero-order chi connectivity index (χ0) is 15.5. The maximum absolute atomic E-state index is 13.9. The van der Waals surface area contributed by atoms with Crippen molar-refractivity contribution in [2.75, 3.05) is 12.4 Å². The lowest BCUT2D eigenvalue weighted by molar-refractivity contribution is -0.120. The minimum absolute atomic E-state index is 0.334. The Hall–Kier alpha value is -2.43. The average molecular weight is 288 g/mol. The number of benzene rings is 1. The predicted molar refractivity (Wildman–Crippen MR) is 78.8 cm³/mol. The number of ether oxygens (including phenoxy) is 1. The van der Waals surface area contributed by atoms with E-state index in [0.717, 1.165) is 0 Å². The highest BCUT2D eigenvalue weighted by Gasteiger charge is 2.32. The number of halogens is 1. The number of rotatable bonds is 4. The molecule has 0 fully saturated rings. The molecule has 4 nitrogen and oxygen atoms in total. The SMILES string of the molecule is COc1ccncc1NC(=O)C(C)(C)c1ccccc1F. The number of pyridine rings is 1. The Labute approximate surface area is 123 Å². The van der Waals surface area contributed by atoms with E-state index in [1.807, 2.05) is 0 Å². The third kappa shape index (κ3) is 3.02. The van der Waals surface area contributed by atoms with Crippen LogP contribution in [0.5, 0.6) is 5.75 Å². The van der Waals surface area contributed by atoms with Gasteiger partial charge in [0.15, 0.2) is 0 Å². The summed E-state index contributed by atoms with van der Waals surface area (Å²) in [6, 6.07) is 7.89. The fourth-order valence-electron chi connectivity index (χ4n) is 2.02. The van der Waals surface area contributed by atoms with Gasteiger partial charge in [0, 0.05) is 17.8 Å². The Morgan fingerprint density at radius 2 is 2.00 bits per heavy atom. The Morgan fingerprint density at radius 3 is 2.67 bits per heavy atom. The number of anilines is 1. The number of amides is 1. The molecule has 0 aliphatic heterocycles. The van der Waals surface area contributed by atoms with Crippen LogP contribution in [0.1, 0.15) is 19.4 Å². The molecule has 0 atom stereocenters. The first-order valence-corrected chi connectivity index (χ1v) is 6.51. The lowest BCUT2D eigenvalue weighted by Crippen LogP contribution is -2.35. The van der Waals surface area contributed by atoms with Gasteiger partial charge in [0.1, 0.15) is 17.3 Å². The van der Waals surface area contributed by atoms with E-state index in [1.165, 1.54) is 19.4 Å². The van der Waals surface area contributed by atoms with Gasteiger partial charge in [-0.1, -0.05) is 18.2 Å². The van der Waals surface area contributed by atoms with E-state index in [2.05, 4.69) is 10.3 Å². The van der Waals surface area contributed by atoms with Crippen molar-refractivity contribution in [3.63, 3.8) is 0 Å². The van der Waals surface area contributed by atoms with Crippen LogP contribution >= 0.6 is 0 Å². The zero-order valence-electron chi connectivity index (χ0n) is 12.2. The smallest absolute Gasteiger partial charge is 0.234 e. The van der Waals surface area contributed by atoms with Crippen molar-refractivity contribution >= 4 is 11.6 Å². The Morgan fingerprint density at radius 1 is 1.29 bits per heavy atom. The Bertz CT molecular complexity index is 656. The monoisotopic (exact) mass is 288 g/mol. The third-order valence-corrected chi connectivity index (χ3v) is 3.36. The largest absolute Gasteiger partial charge is 0.494 e. The topological polar surface area (TPSA) is 51.2 Å². The number of carbonyl (C=O) groups is 1. The van der Waals surface area contributed by atoms with E-state index >= 15 is 0 Å². The van der Waals surface area contributed by atoms with Crippen LogP contribution in [0.4, 0.5) is 10.1 Å². The standard InChI is InChI=1S/C16H17FN2O2/c1-16(2,11-6-4-5-7-12(11)17)15(20)19-13-10-18-9-8-14(13)21-3/h4-10H,1-3H3,(H,19,20).